The number of amides is 1. The van der Waals surface area contributed by atoms with Crippen LogP contribution in [0.3, 0.4) is 0 Å². The van der Waals surface area contributed by atoms with Crippen LogP contribution >= 0.6 is 12.4 Å². The second-order valence-corrected chi connectivity index (χ2v) is 6.86. The predicted octanol–water partition coefficient (Wildman–Crippen LogP) is 2.93. The lowest BCUT2D eigenvalue weighted by atomic mass is 9.96. The molecule has 0 atom stereocenters. The third kappa shape index (κ3) is 5.10. The Morgan fingerprint density at radius 1 is 1.00 bits per heavy atom. The monoisotopic (exact) mass is 401 g/mol. The molecule has 148 valence electrons. The van der Waals surface area contributed by atoms with Gasteiger partial charge in [-0.25, -0.2) is 0 Å². The van der Waals surface area contributed by atoms with Crippen LogP contribution in [-0.4, -0.2) is 40.8 Å². The Balaban J connectivity index is 0.00000280. The number of carboxylic acid groups (broad SMARTS) is 1. The molecule has 0 aliphatic carbocycles. The van der Waals surface area contributed by atoms with E-state index in [0.29, 0.717) is 37.9 Å². The molecule has 0 saturated carbocycles. The van der Waals surface area contributed by atoms with Crippen LogP contribution in [0.1, 0.15) is 24.0 Å². The van der Waals surface area contributed by atoms with E-state index in [1.807, 2.05) is 48.5 Å². The zero-order valence-corrected chi connectivity index (χ0v) is 16.2. The fourth-order valence-electron chi connectivity index (χ4n) is 3.32. The molecule has 1 amide bonds. The van der Waals surface area contributed by atoms with Gasteiger partial charge in [0.2, 0.25) is 5.91 Å². The van der Waals surface area contributed by atoms with Crippen molar-refractivity contribution in [2.45, 2.75) is 19.3 Å². The number of carbonyl (C=O) groups is 2. The molecule has 1 saturated heterocycles. The lowest BCUT2D eigenvalue weighted by Crippen LogP contribution is -2.40. The summed E-state index contributed by atoms with van der Waals surface area (Å²) in [5.74, 6) is -1.02. The number of carbonyl (C=O) groups excluding carboxylic acids is 1. The molecule has 1 aliphatic rings. The first-order valence-electron chi connectivity index (χ1n) is 8.98. The van der Waals surface area contributed by atoms with E-state index in [2.05, 4.69) is 0 Å². The molecule has 0 bridgehead atoms. The molecular formula is C21H24ClN3O3. The second kappa shape index (κ2) is 9.37. The minimum atomic E-state index is -0.769. The fourth-order valence-corrected chi connectivity index (χ4v) is 3.32. The van der Waals surface area contributed by atoms with Gasteiger partial charge in [-0.2, -0.15) is 0 Å². The molecule has 0 spiro atoms. The zero-order chi connectivity index (χ0) is 19.4. The molecule has 1 heterocycles. The van der Waals surface area contributed by atoms with Crippen LogP contribution in [0.5, 0.6) is 0 Å². The lowest BCUT2D eigenvalue weighted by Gasteiger charge is -2.30. The molecule has 1 fully saturated rings. The highest BCUT2D eigenvalue weighted by Gasteiger charge is 2.26. The minimum absolute atomic E-state index is 0. The smallest absolute Gasteiger partial charge is 0.306 e. The number of benzene rings is 2. The van der Waals surface area contributed by atoms with Crippen molar-refractivity contribution in [2.75, 3.05) is 13.1 Å². The van der Waals surface area contributed by atoms with E-state index in [1.54, 1.807) is 4.90 Å². The van der Waals surface area contributed by atoms with Crippen molar-refractivity contribution in [3.63, 3.8) is 0 Å². The highest BCUT2D eigenvalue weighted by Crippen LogP contribution is 2.22. The Hall–Kier alpha value is -2.86. The van der Waals surface area contributed by atoms with Crippen molar-refractivity contribution in [1.29, 1.82) is 5.41 Å². The van der Waals surface area contributed by atoms with Crippen molar-refractivity contribution in [3.05, 3.63) is 59.7 Å². The van der Waals surface area contributed by atoms with E-state index in [0.717, 1.165) is 16.7 Å². The van der Waals surface area contributed by atoms with Crippen molar-refractivity contribution in [3.8, 4) is 11.1 Å². The second-order valence-electron chi connectivity index (χ2n) is 6.86. The predicted molar refractivity (Wildman–Crippen MR) is 111 cm³/mol. The largest absolute Gasteiger partial charge is 0.481 e. The normalized spacial score (nSPS) is 14.2. The summed E-state index contributed by atoms with van der Waals surface area (Å²) in [5, 5.41) is 16.5. The van der Waals surface area contributed by atoms with Gasteiger partial charge in [0.05, 0.1) is 12.3 Å². The van der Waals surface area contributed by atoms with Gasteiger partial charge in [0.25, 0.3) is 0 Å². The van der Waals surface area contributed by atoms with Crippen LogP contribution in [-0.2, 0) is 16.0 Å². The maximum Gasteiger partial charge on any atom is 0.306 e. The molecule has 0 aromatic heterocycles. The molecule has 7 heteroatoms. The van der Waals surface area contributed by atoms with Crippen molar-refractivity contribution in [1.82, 2.24) is 4.90 Å². The number of likely N-dealkylation sites (tertiary alicyclic amines) is 1. The Morgan fingerprint density at radius 2 is 1.50 bits per heavy atom. The first-order valence-corrected chi connectivity index (χ1v) is 8.98. The standard InChI is InChI=1S/C21H23N3O3.ClH/c22-20(23)17-7-5-16(6-8-17)15-3-1-14(2-4-15)13-19(25)24-11-9-18(10-12-24)21(26)27;/h1-8,18H,9-13H2,(H3,22,23)(H,26,27);1H. The summed E-state index contributed by atoms with van der Waals surface area (Å²) in [6.45, 7) is 1.02. The number of nitrogens with zero attached hydrogens (tertiary/aromatic N) is 1. The van der Waals surface area contributed by atoms with Gasteiger partial charge >= 0.3 is 5.97 Å². The number of carboxylic acids is 1. The van der Waals surface area contributed by atoms with E-state index in [-0.39, 0.29) is 30.1 Å². The van der Waals surface area contributed by atoms with Gasteiger partial charge < -0.3 is 15.7 Å². The van der Waals surface area contributed by atoms with Crippen LogP contribution in [0.2, 0.25) is 0 Å². The van der Waals surface area contributed by atoms with Crippen LogP contribution in [0, 0.1) is 11.3 Å². The van der Waals surface area contributed by atoms with Gasteiger partial charge in [-0.3, -0.25) is 15.0 Å². The third-order valence-electron chi connectivity index (χ3n) is 5.04. The van der Waals surface area contributed by atoms with Crippen LogP contribution < -0.4 is 5.73 Å². The molecule has 1 aliphatic heterocycles. The summed E-state index contributed by atoms with van der Waals surface area (Å²) in [6.07, 6.45) is 1.37. The molecule has 4 N–H and O–H groups in total. The molecule has 0 unspecified atom stereocenters. The highest BCUT2D eigenvalue weighted by molar-refractivity contribution is 5.95. The Labute approximate surface area is 170 Å². The number of aliphatic carboxylic acids is 1. The third-order valence-corrected chi connectivity index (χ3v) is 5.04. The van der Waals surface area contributed by atoms with Gasteiger partial charge in [0.15, 0.2) is 0 Å². The van der Waals surface area contributed by atoms with E-state index in [9.17, 15) is 9.59 Å². The summed E-state index contributed by atoms with van der Waals surface area (Å²) in [7, 11) is 0. The summed E-state index contributed by atoms with van der Waals surface area (Å²) in [6, 6.07) is 15.3. The molecule has 3 rings (SSSR count). The number of rotatable bonds is 5. The van der Waals surface area contributed by atoms with E-state index in [1.165, 1.54) is 0 Å². The van der Waals surface area contributed by atoms with Gasteiger partial charge in [0.1, 0.15) is 5.84 Å². The van der Waals surface area contributed by atoms with Crippen molar-refractivity contribution in [2.24, 2.45) is 11.7 Å². The van der Waals surface area contributed by atoms with E-state index in [4.69, 9.17) is 16.2 Å². The number of nitrogens with two attached hydrogens (primary N) is 1. The minimum Gasteiger partial charge on any atom is -0.481 e. The zero-order valence-electron chi connectivity index (χ0n) is 15.4. The van der Waals surface area contributed by atoms with E-state index < -0.39 is 5.97 Å². The van der Waals surface area contributed by atoms with Crippen molar-refractivity contribution < 1.29 is 14.7 Å². The average Bonchev–Trinajstić information content (AvgIpc) is 2.68. The number of nitrogen functional groups attached to an aromatic ring is 1. The SMILES string of the molecule is Cl.N=C(N)c1ccc(-c2ccc(CC(=O)N3CCC(C(=O)O)CC3)cc2)cc1. The quantitative estimate of drug-likeness (QED) is 0.528. The van der Waals surface area contributed by atoms with Crippen LogP contribution in [0.15, 0.2) is 48.5 Å². The van der Waals surface area contributed by atoms with Crippen LogP contribution in [0.25, 0.3) is 11.1 Å². The number of halogens is 1. The molecule has 6 nitrogen and oxygen atoms in total. The fraction of sp³-hybridized carbons (Fsp3) is 0.286. The Morgan fingerprint density at radius 3 is 1.96 bits per heavy atom. The maximum atomic E-state index is 12.4. The van der Waals surface area contributed by atoms with Crippen LogP contribution in [0.4, 0.5) is 0 Å². The molecule has 28 heavy (non-hydrogen) atoms. The summed E-state index contributed by atoms with van der Waals surface area (Å²) < 4.78 is 0. The highest BCUT2D eigenvalue weighted by atomic mass is 35.5. The van der Waals surface area contributed by atoms with Gasteiger partial charge in [0, 0.05) is 18.7 Å². The molecule has 2 aromatic carbocycles. The summed E-state index contributed by atoms with van der Waals surface area (Å²) >= 11 is 0. The van der Waals surface area contributed by atoms with Gasteiger partial charge in [-0.05, 0) is 29.5 Å². The lowest BCUT2D eigenvalue weighted by molar-refractivity contribution is -0.145. The van der Waals surface area contributed by atoms with Gasteiger partial charge in [-0.15, -0.1) is 12.4 Å². The molecule has 2 aromatic rings. The Bertz CT molecular complexity index is 842. The first kappa shape index (κ1) is 21.4. The number of hydrogen-bond acceptors (Lipinski definition) is 3. The van der Waals surface area contributed by atoms with Gasteiger partial charge in [-0.1, -0.05) is 48.5 Å². The van der Waals surface area contributed by atoms with E-state index >= 15 is 0 Å². The molecular weight excluding hydrogens is 378 g/mol. The first-order chi connectivity index (χ1) is 12.9. The summed E-state index contributed by atoms with van der Waals surface area (Å²) in [4.78, 5) is 25.2. The summed E-state index contributed by atoms with van der Waals surface area (Å²) in [5.41, 5.74) is 9.15. The number of nitrogens with one attached hydrogen (secondary N) is 1. The average molecular weight is 402 g/mol. The number of hydrogen-bond donors (Lipinski definition) is 3. The number of piperidine rings is 1. The topological polar surface area (TPSA) is 107 Å². The Kier molecular flexibility index (Phi) is 7.18. The number of amidine groups is 1. The molecule has 0 radical (unpaired) electrons. The maximum absolute atomic E-state index is 12.4. The van der Waals surface area contributed by atoms with Crippen molar-refractivity contribution >= 4 is 30.1 Å².